The van der Waals surface area contributed by atoms with E-state index in [0.717, 1.165) is 16.3 Å². The number of hydrogen-bond donors (Lipinski definition) is 2. The molecule has 2 N–H and O–H groups in total. The molecule has 0 saturated carbocycles. The SMILES string of the molecule is COC(=O)c1cccc(NC(=O)CCC(=O)N2CCSc3ccccc32)c1O. The molecule has 2 aromatic rings. The van der Waals surface area contributed by atoms with Crippen LogP contribution in [0.5, 0.6) is 5.75 Å². The Morgan fingerprint density at radius 2 is 1.93 bits per heavy atom. The number of nitrogens with zero attached hydrogens (tertiary/aromatic N) is 1. The van der Waals surface area contributed by atoms with E-state index >= 15 is 0 Å². The summed E-state index contributed by atoms with van der Waals surface area (Å²) in [7, 11) is 1.20. The van der Waals surface area contributed by atoms with Crippen molar-refractivity contribution in [3.63, 3.8) is 0 Å². The van der Waals surface area contributed by atoms with Gasteiger partial charge in [-0.1, -0.05) is 18.2 Å². The molecule has 0 atom stereocenters. The van der Waals surface area contributed by atoms with Crippen molar-refractivity contribution in [3.05, 3.63) is 48.0 Å². The van der Waals surface area contributed by atoms with E-state index < -0.39 is 11.9 Å². The number of phenolic OH excluding ortho intramolecular Hbond substituents is 1. The van der Waals surface area contributed by atoms with Gasteiger partial charge >= 0.3 is 5.97 Å². The third kappa shape index (κ3) is 4.28. The Morgan fingerprint density at radius 3 is 2.71 bits per heavy atom. The van der Waals surface area contributed by atoms with Crippen LogP contribution in [0.1, 0.15) is 23.2 Å². The summed E-state index contributed by atoms with van der Waals surface area (Å²) < 4.78 is 4.59. The van der Waals surface area contributed by atoms with E-state index in [2.05, 4.69) is 10.1 Å². The van der Waals surface area contributed by atoms with Crippen molar-refractivity contribution in [3.8, 4) is 5.75 Å². The maximum Gasteiger partial charge on any atom is 0.341 e. The van der Waals surface area contributed by atoms with Crippen LogP contribution < -0.4 is 10.2 Å². The van der Waals surface area contributed by atoms with Gasteiger partial charge in [0.15, 0.2) is 5.75 Å². The lowest BCUT2D eigenvalue weighted by molar-refractivity contribution is -0.122. The Morgan fingerprint density at radius 1 is 1.14 bits per heavy atom. The minimum absolute atomic E-state index is 0.0352. The maximum absolute atomic E-state index is 12.6. The standard InChI is InChI=1S/C20H20N2O5S/c1-27-20(26)13-5-4-6-14(19(13)25)21-17(23)9-10-18(24)22-11-12-28-16-8-3-2-7-15(16)22/h2-8,25H,9-12H2,1H3,(H,21,23). The molecule has 1 heterocycles. The molecule has 0 aliphatic carbocycles. The van der Waals surface area contributed by atoms with Gasteiger partial charge < -0.3 is 20.1 Å². The molecular weight excluding hydrogens is 380 g/mol. The number of carbonyl (C=O) groups excluding carboxylic acids is 3. The molecule has 28 heavy (non-hydrogen) atoms. The number of thioether (sulfide) groups is 1. The molecule has 2 aromatic carbocycles. The van der Waals surface area contributed by atoms with Gasteiger partial charge in [-0.05, 0) is 24.3 Å². The number of amides is 2. The average molecular weight is 400 g/mol. The van der Waals surface area contributed by atoms with Gasteiger partial charge in [0.2, 0.25) is 11.8 Å². The molecule has 0 unspecified atom stereocenters. The van der Waals surface area contributed by atoms with Crippen LogP contribution >= 0.6 is 11.8 Å². The summed E-state index contributed by atoms with van der Waals surface area (Å²) >= 11 is 1.70. The molecule has 2 amide bonds. The lowest BCUT2D eigenvalue weighted by Gasteiger charge is -2.29. The van der Waals surface area contributed by atoms with Gasteiger partial charge in [-0.25, -0.2) is 4.79 Å². The Kier molecular flexibility index (Phi) is 6.20. The van der Waals surface area contributed by atoms with Crippen LogP contribution in [0.3, 0.4) is 0 Å². The highest BCUT2D eigenvalue weighted by molar-refractivity contribution is 7.99. The first-order valence-electron chi connectivity index (χ1n) is 8.73. The van der Waals surface area contributed by atoms with Crippen LogP contribution in [0, 0.1) is 0 Å². The number of fused-ring (bicyclic) bond motifs is 1. The summed E-state index contributed by atoms with van der Waals surface area (Å²) in [6.07, 6.45) is 0.00875. The zero-order chi connectivity index (χ0) is 20.1. The molecule has 0 fully saturated rings. The lowest BCUT2D eigenvalue weighted by Crippen LogP contribution is -2.35. The smallest absolute Gasteiger partial charge is 0.341 e. The van der Waals surface area contributed by atoms with E-state index in [-0.39, 0.29) is 35.7 Å². The molecule has 8 heteroatoms. The van der Waals surface area contributed by atoms with Gasteiger partial charge in [0, 0.05) is 30.0 Å². The van der Waals surface area contributed by atoms with Crippen LogP contribution in [0.25, 0.3) is 0 Å². The average Bonchev–Trinajstić information content (AvgIpc) is 2.72. The second kappa shape index (κ2) is 8.79. The number of nitrogens with one attached hydrogen (secondary N) is 1. The van der Waals surface area contributed by atoms with Crippen molar-refractivity contribution in [1.82, 2.24) is 0 Å². The highest BCUT2D eigenvalue weighted by Gasteiger charge is 2.23. The first-order valence-corrected chi connectivity index (χ1v) is 9.72. The van der Waals surface area contributed by atoms with E-state index in [1.54, 1.807) is 16.7 Å². The van der Waals surface area contributed by atoms with Crippen LogP contribution in [0.4, 0.5) is 11.4 Å². The number of aromatic hydroxyl groups is 1. The number of para-hydroxylation sites is 2. The number of phenols is 1. The molecule has 0 bridgehead atoms. The summed E-state index contributed by atoms with van der Waals surface area (Å²) in [4.78, 5) is 39.2. The number of esters is 1. The molecule has 0 spiro atoms. The summed E-state index contributed by atoms with van der Waals surface area (Å²) in [5.74, 6) is -0.814. The number of rotatable bonds is 5. The summed E-state index contributed by atoms with van der Waals surface area (Å²) in [6, 6.07) is 12.1. The normalized spacial score (nSPS) is 12.8. The topological polar surface area (TPSA) is 95.9 Å². The first kappa shape index (κ1) is 19.8. The summed E-state index contributed by atoms with van der Waals surface area (Å²) in [5, 5.41) is 12.7. The Hall–Kier alpha value is -3.00. The molecule has 1 aliphatic rings. The monoisotopic (exact) mass is 400 g/mol. The van der Waals surface area contributed by atoms with Crippen LogP contribution in [0.15, 0.2) is 47.4 Å². The van der Waals surface area contributed by atoms with E-state index in [9.17, 15) is 19.5 Å². The van der Waals surface area contributed by atoms with Crippen LogP contribution in [-0.2, 0) is 14.3 Å². The third-order valence-electron chi connectivity index (χ3n) is 4.31. The summed E-state index contributed by atoms with van der Waals surface area (Å²) in [6.45, 7) is 0.601. The van der Waals surface area contributed by atoms with Crippen LogP contribution in [-0.4, -0.2) is 42.3 Å². The number of hydrogen-bond acceptors (Lipinski definition) is 6. The Bertz CT molecular complexity index is 915. The summed E-state index contributed by atoms with van der Waals surface area (Å²) in [5.41, 5.74) is 0.923. The lowest BCUT2D eigenvalue weighted by atomic mass is 10.1. The molecule has 7 nitrogen and oxygen atoms in total. The molecule has 1 aliphatic heterocycles. The number of ether oxygens (including phenoxy) is 1. The van der Waals surface area contributed by atoms with Gasteiger partial charge in [-0.3, -0.25) is 9.59 Å². The zero-order valence-electron chi connectivity index (χ0n) is 15.3. The first-order chi connectivity index (χ1) is 13.5. The number of methoxy groups -OCH3 is 1. The van der Waals surface area contributed by atoms with E-state index in [0.29, 0.717) is 6.54 Å². The molecule has 0 saturated heterocycles. The fourth-order valence-corrected chi connectivity index (χ4v) is 3.91. The van der Waals surface area contributed by atoms with Gasteiger partial charge in [-0.15, -0.1) is 11.8 Å². The Labute approximate surface area is 166 Å². The molecule has 0 radical (unpaired) electrons. The molecular formula is C20H20N2O5S. The van der Waals surface area contributed by atoms with E-state index in [1.165, 1.54) is 25.3 Å². The van der Waals surface area contributed by atoms with Gasteiger partial charge in [0.1, 0.15) is 5.56 Å². The van der Waals surface area contributed by atoms with Crippen molar-refractivity contribution in [1.29, 1.82) is 0 Å². The highest BCUT2D eigenvalue weighted by Crippen LogP contribution is 2.34. The fraction of sp³-hybridized carbons (Fsp3) is 0.250. The number of anilines is 2. The molecule has 146 valence electrons. The zero-order valence-corrected chi connectivity index (χ0v) is 16.1. The van der Waals surface area contributed by atoms with Gasteiger partial charge in [0.05, 0.1) is 18.5 Å². The van der Waals surface area contributed by atoms with Crippen molar-refractivity contribution >= 4 is 40.9 Å². The second-order valence-corrected chi connectivity index (χ2v) is 7.24. The van der Waals surface area contributed by atoms with E-state index in [1.807, 2.05) is 24.3 Å². The molecule has 0 aromatic heterocycles. The largest absolute Gasteiger partial charge is 0.505 e. The quantitative estimate of drug-likeness (QED) is 0.592. The Balaban J connectivity index is 1.61. The highest BCUT2D eigenvalue weighted by atomic mass is 32.2. The predicted molar refractivity (Wildman–Crippen MR) is 107 cm³/mol. The molecule has 3 rings (SSSR count). The van der Waals surface area contributed by atoms with E-state index in [4.69, 9.17) is 0 Å². The van der Waals surface area contributed by atoms with Crippen molar-refractivity contribution in [2.75, 3.05) is 29.6 Å². The predicted octanol–water partition coefficient (Wildman–Crippen LogP) is 3.04. The van der Waals surface area contributed by atoms with Crippen molar-refractivity contribution < 1.29 is 24.2 Å². The third-order valence-corrected chi connectivity index (χ3v) is 5.35. The van der Waals surface area contributed by atoms with Gasteiger partial charge in [0.25, 0.3) is 0 Å². The fourth-order valence-electron chi connectivity index (χ4n) is 2.92. The minimum atomic E-state index is -0.703. The number of carbonyl (C=O) groups is 3. The maximum atomic E-state index is 12.6. The minimum Gasteiger partial charge on any atom is -0.505 e. The second-order valence-electron chi connectivity index (χ2n) is 6.10. The number of benzene rings is 2. The van der Waals surface area contributed by atoms with Crippen molar-refractivity contribution in [2.24, 2.45) is 0 Å². The van der Waals surface area contributed by atoms with Gasteiger partial charge in [-0.2, -0.15) is 0 Å². The van der Waals surface area contributed by atoms with Crippen LogP contribution in [0.2, 0.25) is 0 Å². The van der Waals surface area contributed by atoms with Crippen molar-refractivity contribution in [2.45, 2.75) is 17.7 Å².